The van der Waals surface area contributed by atoms with Gasteiger partial charge in [0.2, 0.25) is 0 Å². The van der Waals surface area contributed by atoms with Crippen LogP contribution in [0.4, 0.5) is 5.13 Å². The van der Waals surface area contributed by atoms with Crippen molar-refractivity contribution in [2.75, 3.05) is 39.1 Å². The van der Waals surface area contributed by atoms with Gasteiger partial charge >= 0.3 is 0 Å². The summed E-state index contributed by atoms with van der Waals surface area (Å²) in [5.74, 6) is 1.01. The molecule has 1 aliphatic rings. The maximum Gasteiger partial charge on any atom is 0.193 e. The van der Waals surface area contributed by atoms with E-state index in [2.05, 4.69) is 39.4 Å². The summed E-state index contributed by atoms with van der Waals surface area (Å²) in [5, 5.41) is 6.65. The number of aliphatic imine (C=N–C) groups is 1. The third-order valence-electron chi connectivity index (χ3n) is 4.50. The Kier molecular flexibility index (Phi) is 6.27. The van der Waals surface area contributed by atoms with E-state index >= 15 is 0 Å². The van der Waals surface area contributed by atoms with Gasteiger partial charge in [-0.05, 0) is 24.7 Å². The molecule has 0 spiro atoms. The fraction of sp³-hybridized carbons (Fsp3) is 0.765. The van der Waals surface area contributed by atoms with Gasteiger partial charge in [0.1, 0.15) is 0 Å². The van der Waals surface area contributed by atoms with Crippen molar-refractivity contribution in [1.29, 1.82) is 0 Å². The van der Waals surface area contributed by atoms with Gasteiger partial charge in [-0.2, -0.15) is 0 Å². The first-order chi connectivity index (χ1) is 11.0. The molecule has 1 N–H and O–H groups in total. The van der Waals surface area contributed by atoms with E-state index in [4.69, 9.17) is 0 Å². The SMILES string of the molecule is CCCC1(C)CCCN(C(=NC)NCc2csc(N(C)C)n2)C1. The van der Waals surface area contributed by atoms with E-state index in [0.717, 1.165) is 36.4 Å². The number of hydrogen-bond donors (Lipinski definition) is 1. The summed E-state index contributed by atoms with van der Waals surface area (Å²) in [7, 11) is 5.93. The molecule has 1 aliphatic heterocycles. The standard InChI is InChI=1S/C17H31N5S/c1-6-8-17(2)9-7-10-22(13-17)15(18-3)19-11-14-12-23-16(20-14)21(4)5/h12H,6-11,13H2,1-5H3,(H,18,19). The summed E-state index contributed by atoms with van der Waals surface area (Å²) in [6, 6.07) is 0. The van der Waals surface area contributed by atoms with E-state index in [-0.39, 0.29) is 0 Å². The Labute approximate surface area is 144 Å². The molecule has 5 nitrogen and oxygen atoms in total. The van der Waals surface area contributed by atoms with E-state index in [9.17, 15) is 0 Å². The van der Waals surface area contributed by atoms with E-state index in [1.54, 1.807) is 11.3 Å². The summed E-state index contributed by atoms with van der Waals surface area (Å²) in [6.45, 7) is 7.62. The predicted molar refractivity (Wildman–Crippen MR) is 100 cm³/mol. The van der Waals surface area contributed by atoms with Crippen LogP contribution in [0.3, 0.4) is 0 Å². The molecule has 1 aromatic heterocycles. The first kappa shape index (κ1) is 18.0. The number of rotatable bonds is 5. The number of hydrogen-bond acceptors (Lipinski definition) is 4. The molecular formula is C17H31N5S. The highest BCUT2D eigenvalue weighted by molar-refractivity contribution is 7.13. The minimum atomic E-state index is 0.420. The minimum absolute atomic E-state index is 0.420. The van der Waals surface area contributed by atoms with Gasteiger partial charge in [-0.3, -0.25) is 4.99 Å². The number of likely N-dealkylation sites (tertiary alicyclic amines) is 1. The molecule has 1 fully saturated rings. The van der Waals surface area contributed by atoms with Crippen molar-refractivity contribution in [2.45, 2.75) is 46.1 Å². The lowest BCUT2D eigenvalue weighted by Gasteiger charge is -2.42. The normalized spacial score (nSPS) is 22.3. The maximum atomic E-state index is 4.63. The van der Waals surface area contributed by atoms with Crippen LogP contribution >= 0.6 is 11.3 Å². The van der Waals surface area contributed by atoms with Gasteiger partial charge in [0, 0.05) is 39.6 Å². The second-order valence-corrected chi connectivity index (χ2v) is 7.84. The molecule has 2 heterocycles. The van der Waals surface area contributed by atoms with Crippen LogP contribution < -0.4 is 10.2 Å². The third kappa shape index (κ3) is 4.83. The molecule has 23 heavy (non-hydrogen) atoms. The lowest BCUT2D eigenvalue weighted by molar-refractivity contribution is 0.142. The molecular weight excluding hydrogens is 306 g/mol. The summed E-state index contributed by atoms with van der Waals surface area (Å²) in [5.41, 5.74) is 1.50. The fourth-order valence-corrected chi connectivity index (χ4v) is 4.15. The Morgan fingerprint density at radius 2 is 2.30 bits per heavy atom. The summed E-state index contributed by atoms with van der Waals surface area (Å²) >= 11 is 1.68. The number of thiazole rings is 1. The Morgan fingerprint density at radius 3 is 2.91 bits per heavy atom. The number of anilines is 1. The molecule has 130 valence electrons. The molecule has 0 saturated carbocycles. The second-order valence-electron chi connectivity index (χ2n) is 7.00. The summed E-state index contributed by atoms with van der Waals surface area (Å²) in [4.78, 5) is 13.6. The molecule has 2 rings (SSSR count). The van der Waals surface area contributed by atoms with Gasteiger partial charge in [-0.15, -0.1) is 11.3 Å². The first-order valence-electron chi connectivity index (χ1n) is 8.55. The number of nitrogens with zero attached hydrogens (tertiary/aromatic N) is 4. The van der Waals surface area contributed by atoms with Crippen LogP contribution in [0.25, 0.3) is 0 Å². The highest BCUT2D eigenvalue weighted by Gasteiger charge is 2.31. The van der Waals surface area contributed by atoms with Gasteiger partial charge in [-0.25, -0.2) is 4.98 Å². The molecule has 0 bridgehead atoms. The Morgan fingerprint density at radius 1 is 1.52 bits per heavy atom. The summed E-state index contributed by atoms with van der Waals surface area (Å²) in [6.07, 6.45) is 5.12. The fourth-order valence-electron chi connectivity index (χ4n) is 3.39. The van der Waals surface area contributed by atoms with E-state index < -0.39 is 0 Å². The van der Waals surface area contributed by atoms with Crippen molar-refractivity contribution >= 4 is 22.4 Å². The van der Waals surface area contributed by atoms with Crippen LogP contribution in [-0.2, 0) is 6.54 Å². The topological polar surface area (TPSA) is 43.8 Å². The molecule has 0 aromatic carbocycles. The zero-order valence-electron chi connectivity index (χ0n) is 15.2. The molecule has 1 aromatic rings. The average Bonchev–Trinajstić information content (AvgIpc) is 2.97. The number of nitrogens with one attached hydrogen (secondary N) is 1. The van der Waals surface area contributed by atoms with Gasteiger partial charge in [0.15, 0.2) is 11.1 Å². The molecule has 1 atom stereocenters. The molecule has 1 unspecified atom stereocenters. The monoisotopic (exact) mass is 337 g/mol. The highest BCUT2D eigenvalue weighted by Crippen LogP contribution is 2.33. The molecule has 1 saturated heterocycles. The third-order valence-corrected chi connectivity index (χ3v) is 5.55. The van der Waals surface area contributed by atoms with Crippen LogP contribution in [0.15, 0.2) is 10.4 Å². The molecule has 0 amide bonds. The lowest BCUT2D eigenvalue weighted by Crippen LogP contribution is -2.49. The number of piperidine rings is 1. The molecule has 0 aliphatic carbocycles. The maximum absolute atomic E-state index is 4.63. The van der Waals surface area contributed by atoms with Crippen molar-refractivity contribution in [3.05, 3.63) is 11.1 Å². The second kappa shape index (κ2) is 7.99. The highest BCUT2D eigenvalue weighted by atomic mass is 32.1. The smallest absolute Gasteiger partial charge is 0.193 e. The zero-order chi connectivity index (χ0) is 16.9. The van der Waals surface area contributed by atoms with Crippen LogP contribution in [0, 0.1) is 5.41 Å². The largest absolute Gasteiger partial charge is 0.354 e. The van der Waals surface area contributed by atoms with Crippen molar-refractivity contribution < 1.29 is 0 Å². The van der Waals surface area contributed by atoms with Crippen molar-refractivity contribution in [3.63, 3.8) is 0 Å². The van der Waals surface area contributed by atoms with Gasteiger partial charge in [-0.1, -0.05) is 20.3 Å². The average molecular weight is 338 g/mol. The van der Waals surface area contributed by atoms with Crippen molar-refractivity contribution in [3.8, 4) is 0 Å². The van der Waals surface area contributed by atoms with Crippen LogP contribution in [0.2, 0.25) is 0 Å². The lowest BCUT2D eigenvalue weighted by atomic mass is 9.78. The zero-order valence-corrected chi connectivity index (χ0v) is 16.0. The van der Waals surface area contributed by atoms with Gasteiger partial charge in [0.25, 0.3) is 0 Å². The number of aromatic nitrogens is 1. The van der Waals surface area contributed by atoms with Crippen LogP contribution in [0.5, 0.6) is 0 Å². The summed E-state index contributed by atoms with van der Waals surface area (Å²) < 4.78 is 0. The Hall–Kier alpha value is -1.30. The van der Waals surface area contributed by atoms with Crippen LogP contribution in [-0.4, -0.2) is 50.1 Å². The van der Waals surface area contributed by atoms with Gasteiger partial charge < -0.3 is 15.1 Å². The van der Waals surface area contributed by atoms with Crippen molar-refractivity contribution in [1.82, 2.24) is 15.2 Å². The molecule has 6 heteroatoms. The molecule has 0 radical (unpaired) electrons. The number of guanidine groups is 1. The Bertz CT molecular complexity index is 521. The van der Waals surface area contributed by atoms with E-state index in [1.165, 1.54) is 25.7 Å². The van der Waals surface area contributed by atoms with Gasteiger partial charge in [0.05, 0.1) is 12.2 Å². The van der Waals surface area contributed by atoms with E-state index in [0.29, 0.717) is 5.41 Å². The minimum Gasteiger partial charge on any atom is -0.354 e. The first-order valence-corrected chi connectivity index (χ1v) is 9.43. The van der Waals surface area contributed by atoms with E-state index in [1.807, 2.05) is 26.0 Å². The van der Waals surface area contributed by atoms with Crippen molar-refractivity contribution in [2.24, 2.45) is 10.4 Å². The Balaban J connectivity index is 1.94. The quantitative estimate of drug-likeness (QED) is 0.662. The van der Waals surface area contributed by atoms with Crippen LogP contribution in [0.1, 0.15) is 45.2 Å². The predicted octanol–water partition coefficient (Wildman–Crippen LogP) is 3.19.